The summed E-state index contributed by atoms with van der Waals surface area (Å²) in [6.07, 6.45) is 3.34. The maximum atomic E-state index is 12.8. The second-order valence-electron chi connectivity index (χ2n) is 6.85. The van der Waals surface area contributed by atoms with Gasteiger partial charge in [-0.3, -0.25) is 4.79 Å². The molecular weight excluding hydrogens is 376 g/mol. The molecule has 0 aliphatic carbocycles. The van der Waals surface area contributed by atoms with E-state index in [-0.39, 0.29) is 11.8 Å². The van der Waals surface area contributed by atoms with E-state index >= 15 is 0 Å². The van der Waals surface area contributed by atoms with Crippen molar-refractivity contribution in [2.45, 2.75) is 18.8 Å². The van der Waals surface area contributed by atoms with Crippen molar-refractivity contribution < 1.29 is 13.9 Å². The number of aromatic nitrogens is 1. The second kappa shape index (κ2) is 8.07. The molecule has 0 unspecified atom stereocenters. The number of likely N-dealkylation sites (tertiary alicyclic amines) is 1. The summed E-state index contributed by atoms with van der Waals surface area (Å²) in [5.74, 6) is 1.71. The van der Waals surface area contributed by atoms with E-state index in [0.717, 1.165) is 35.6 Å². The number of hydrogen-bond acceptors (Lipinski definition) is 4. The lowest BCUT2D eigenvalue weighted by atomic mass is 9.96. The Hall–Kier alpha value is -2.79. The molecule has 1 aromatic heterocycles. The van der Waals surface area contributed by atoms with Crippen LogP contribution in [0.1, 0.15) is 35.0 Å². The van der Waals surface area contributed by atoms with Gasteiger partial charge < -0.3 is 14.1 Å². The predicted molar refractivity (Wildman–Crippen MR) is 109 cm³/mol. The number of carbonyl (C=O) groups is 1. The third kappa shape index (κ3) is 3.90. The monoisotopic (exact) mass is 396 g/mol. The van der Waals surface area contributed by atoms with Gasteiger partial charge in [-0.15, -0.1) is 0 Å². The SMILES string of the molecule is C=CCOc1ccc(C(=O)N2CCC(c3nc4cc(Cl)ccc4o3)CC2)cc1. The third-order valence-electron chi connectivity index (χ3n) is 4.97. The number of oxazole rings is 1. The fourth-order valence-electron chi connectivity index (χ4n) is 3.45. The molecule has 1 saturated heterocycles. The number of ether oxygens (including phenoxy) is 1. The number of nitrogens with zero attached hydrogens (tertiary/aromatic N) is 2. The first-order valence-electron chi connectivity index (χ1n) is 9.33. The highest BCUT2D eigenvalue weighted by Gasteiger charge is 2.27. The van der Waals surface area contributed by atoms with Crippen molar-refractivity contribution in [1.82, 2.24) is 9.88 Å². The van der Waals surface area contributed by atoms with Crippen LogP contribution in [0, 0.1) is 0 Å². The smallest absolute Gasteiger partial charge is 0.253 e. The predicted octanol–water partition coefficient (Wildman–Crippen LogP) is 5.07. The molecular formula is C22H21ClN2O3. The van der Waals surface area contributed by atoms with Crippen LogP contribution in [0.25, 0.3) is 11.1 Å². The maximum Gasteiger partial charge on any atom is 0.253 e. The van der Waals surface area contributed by atoms with Crippen molar-refractivity contribution in [2.24, 2.45) is 0 Å². The van der Waals surface area contributed by atoms with Gasteiger partial charge in [0.05, 0.1) is 0 Å². The standard InChI is InChI=1S/C22H21ClN2O3/c1-2-13-27-18-6-3-16(4-7-18)22(26)25-11-9-15(10-12-25)21-24-19-14-17(23)5-8-20(19)28-21/h2-8,14-15H,1,9-13H2. The summed E-state index contributed by atoms with van der Waals surface area (Å²) in [6, 6.07) is 12.7. The third-order valence-corrected chi connectivity index (χ3v) is 5.20. The number of fused-ring (bicyclic) bond motifs is 1. The van der Waals surface area contributed by atoms with E-state index in [1.54, 1.807) is 24.3 Å². The Morgan fingerprint density at radius 3 is 2.71 bits per heavy atom. The lowest BCUT2D eigenvalue weighted by molar-refractivity contribution is 0.0706. The molecule has 4 rings (SSSR count). The zero-order valence-electron chi connectivity index (χ0n) is 15.4. The summed E-state index contributed by atoms with van der Waals surface area (Å²) in [5.41, 5.74) is 2.19. The van der Waals surface area contributed by atoms with E-state index in [2.05, 4.69) is 11.6 Å². The molecule has 1 aliphatic rings. The Labute approximate surface area is 168 Å². The highest BCUT2D eigenvalue weighted by Crippen LogP contribution is 2.31. The molecule has 2 heterocycles. The van der Waals surface area contributed by atoms with E-state index in [9.17, 15) is 4.79 Å². The minimum absolute atomic E-state index is 0.0399. The van der Waals surface area contributed by atoms with Gasteiger partial charge >= 0.3 is 0 Å². The largest absolute Gasteiger partial charge is 0.490 e. The summed E-state index contributed by atoms with van der Waals surface area (Å²) in [7, 11) is 0. The van der Waals surface area contributed by atoms with E-state index < -0.39 is 0 Å². The Morgan fingerprint density at radius 1 is 1.25 bits per heavy atom. The summed E-state index contributed by atoms with van der Waals surface area (Å²) in [4.78, 5) is 19.2. The van der Waals surface area contributed by atoms with Gasteiger partial charge in [0.1, 0.15) is 17.9 Å². The lowest BCUT2D eigenvalue weighted by Crippen LogP contribution is -2.37. The fourth-order valence-corrected chi connectivity index (χ4v) is 3.62. The molecule has 3 aromatic rings. The Bertz CT molecular complexity index is 989. The molecule has 144 valence electrons. The van der Waals surface area contributed by atoms with E-state index in [1.165, 1.54) is 0 Å². The molecule has 0 radical (unpaired) electrons. The van der Waals surface area contributed by atoms with Crippen LogP contribution in [-0.4, -0.2) is 35.5 Å². The number of carbonyl (C=O) groups excluding carboxylic acids is 1. The molecule has 0 atom stereocenters. The minimum Gasteiger partial charge on any atom is -0.490 e. The summed E-state index contributed by atoms with van der Waals surface area (Å²) in [6.45, 7) is 5.43. The van der Waals surface area contributed by atoms with Gasteiger partial charge in [-0.05, 0) is 55.3 Å². The normalized spacial score (nSPS) is 15.0. The Kier molecular flexibility index (Phi) is 5.35. The van der Waals surface area contributed by atoms with Gasteiger partial charge in [0.15, 0.2) is 11.5 Å². The van der Waals surface area contributed by atoms with Crippen molar-refractivity contribution in [3.05, 3.63) is 71.6 Å². The summed E-state index contributed by atoms with van der Waals surface area (Å²) < 4.78 is 11.4. The average molecular weight is 397 g/mol. The molecule has 1 amide bonds. The van der Waals surface area contributed by atoms with Crippen LogP contribution in [0.4, 0.5) is 0 Å². The molecule has 28 heavy (non-hydrogen) atoms. The van der Waals surface area contributed by atoms with Crippen molar-refractivity contribution in [1.29, 1.82) is 0 Å². The van der Waals surface area contributed by atoms with Crippen molar-refractivity contribution in [3.8, 4) is 5.75 Å². The van der Waals surface area contributed by atoms with Crippen LogP contribution in [0.2, 0.25) is 5.02 Å². The maximum absolute atomic E-state index is 12.8. The number of amides is 1. The van der Waals surface area contributed by atoms with E-state index in [1.807, 2.05) is 29.2 Å². The summed E-state index contributed by atoms with van der Waals surface area (Å²) >= 11 is 6.02. The second-order valence-corrected chi connectivity index (χ2v) is 7.29. The molecule has 5 nitrogen and oxygen atoms in total. The van der Waals surface area contributed by atoms with Gasteiger partial charge in [0.2, 0.25) is 0 Å². The van der Waals surface area contributed by atoms with Crippen LogP contribution >= 0.6 is 11.6 Å². The molecule has 2 aromatic carbocycles. The van der Waals surface area contributed by atoms with E-state index in [0.29, 0.717) is 30.3 Å². The van der Waals surface area contributed by atoms with Gasteiger partial charge in [0, 0.05) is 29.6 Å². The zero-order chi connectivity index (χ0) is 19.5. The Morgan fingerprint density at radius 2 is 2.00 bits per heavy atom. The quantitative estimate of drug-likeness (QED) is 0.565. The van der Waals surface area contributed by atoms with Crippen LogP contribution in [-0.2, 0) is 0 Å². The van der Waals surface area contributed by atoms with Crippen LogP contribution < -0.4 is 4.74 Å². The molecule has 1 fully saturated rings. The highest BCUT2D eigenvalue weighted by molar-refractivity contribution is 6.31. The number of halogens is 1. The number of rotatable bonds is 5. The molecule has 0 bridgehead atoms. The van der Waals surface area contributed by atoms with Crippen LogP contribution in [0.5, 0.6) is 5.75 Å². The van der Waals surface area contributed by atoms with Crippen molar-refractivity contribution in [3.63, 3.8) is 0 Å². The van der Waals surface area contributed by atoms with Crippen LogP contribution in [0.15, 0.2) is 59.5 Å². The molecule has 6 heteroatoms. The fraction of sp³-hybridized carbons (Fsp3) is 0.273. The van der Waals surface area contributed by atoms with Gasteiger partial charge in [0.25, 0.3) is 5.91 Å². The number of piperidine rings is 1. The zero-order valence-corrected chi connectivity index (χ0v) is 16.2. The first-order chi connectivity index (χ1) is 13.6. The van der Waals surface area contributed by atoms with Gasteiger partial charge in [-0.1, -0.05) is 24.3 Å². The van der Waals surface area contributed by atoms with Crippen molar-refractivity contribution in [2.75, 3.05) is 19.7 Å². The minimum atomic E-state index is 0.0399. The average Bonchev–Trinajstić information content (AvgIpc) is 3.15. The lowest BCUT2D eigenvalue weighted by Gasteiger charge is -2.30. The number of hydrogen-bond donors (Lipinski definition) is 0. The molecule has 1 aliphatic heterocycles. The highest BCUT2D eigenvalue weighted by atomic mass is 35.5. The van der Waals surface area contributed by atoms with Gasteiger partial charge in [-0.25, -0.2) is 4.98 Å². The van der Waals surface area contributed by atoms with E-state index in [4.69, 9.17) is 20.8 Å². The van der Waals surface area contributed by atoms with Gasteiger partial charge in [-0.2, -0.15) is 0 Å². The molecule has 0 spiro atoms. The molecule has 0 saturated carbocycles. The molecule has 0 N–H and O–H groups in total. The first kappa shape index (κ1) is 18.6. The summed E-state index contributed by atoms with van der Waals surface area (Å²) in [5, 5.41) is 0.647. The van der Waals surface area contributed by atoms with Crippen molar-refractivity contribution >= 4 is 28.6 Å². The topological polar surface area (TPSA) is 55.6 Å². The Balaban J connectivity index is 1.38. The van der Waals surface area contributed by atoms with Crippen LogP contribution in [0.3, 0.4) is 0 Å². The number of benzene rings is 2. The first-order valence-corrected chi connectivity index (χ1v) is 9.71.